The van der Waals surface area contributed by atoms with E-state index in [2.05, 4.69) is 9.46 Å². The third-order valence-electron chi connectivity index (χ3n) is 3.60. The molecule has 0 amide bonds. The number of methoxy groups -OCH3 is 1. The van der Waals surface area contributed by atoms with Crippen molar-refractivity contribution in [1.82, 2.24) is 4.72 Å². The SMILES string of the molecule is COC(=O)c1ccc(-c2ccc(S(=O)(=O)NCC(C)(C)C)cc2)cc1. The molecule has 0 aliphatic rings. The molecule has 0 spiro atoms. The Balaban J connectivity index is 2.18. The number of carbonyl (C=O) groups excluding carboxylic acids is 1. The van der Waals surface area contributed by atoms with Crippen LogP contribution < -0.4 is 4.72 Å². The molecule has 6 heteroatoms. The zero-order valence-electron chi connectivity index (χ0n) is 14.9. The number of sulfonamides is 1. The molecule has 0 atom stereocenters. The summed E-state index contributed by atoms with van der Waals surface area (Å²) in [5.74, 6) is -0.391. The Hall–Kier alpha value is -2.18. The lowest BCUT2D eigenvalue weighted by Crippen LogP contribution is -2.32. The van der Waals surface area contributed by atoms with Crippen molar-refractivity contribution in [2.45, 2.75) is 25.7 Å². The molecule has 0 aliphatic heterocycles. The summed E-state index contributed by atoms with van der Waals surface area (Å²) in [5.41, 5.74) is 2.09. The predicted molar refractivity (Wildman–Crippen MR) is 97.9 cm³/mol. The van der Waals surface area contributed by atoms with Gasteiger partial charge in [0, 0.05) is 6.54 Å². The van der Waals surface area contributed by atoms with Gasteiger partial charge in [-0.2, -0.15) is 0 Å². The van der Waals surface area contributed by atoms with Gasteiger partial charge in [-0.1, -0.05) is 45.0 Å². The number of hydrogen-bond acceptors (Lipinski definition) is 4. The molecule has 25 heavy (non-hydrogen) atoms. The minimum absolute atomic E-state index is 0.131. The molecule has 0 fully saturated rings. The fraction of sp³-hybridized carbons (Fsp3) is 0.316. The lowest BCUT2D eigenvalue weighted by molar-refractivity contribution is 0.0600. The molecule has 2 aromatic carbocycles. The van der Waals surface area contributed by atoms with Crippen molar-refractivity contribution >= 4 is 16.0 Å². The molecule has 1 N–H and O–H groups in total. The van der Waals surface area contributed by atoms with E-state index in [1.54, 1.807) is 48.5 Å². The van der Waals surface area contributed by atoms with Crippen LogP contribution in [0.5, 0.6) is 0 Å². The van der Waals surface area contributed by atoms with Crippen molar-refractivity contribution < 1.29 is 17.9 Å². The Bertz CT molecular complexity index is 832. The summed E-state index contributed by atoms with van der Waals surface area (Å²) in [7, 11) is -2.19. The highest BCUT2D eigenvalue weighted by atomic mass is 32.2. The van der Waals surface area contributed by atoms with Crippen LogP contribution in [-0.2, 0) is 14.8 Å². The lowest BCUT2D eigenvalue weighted by Gasteiger charge is -2.18. The first-order valence-corrected chi connectivity index (χ1v) is 9.39. The van der Waals surface area contributed by atoms with Crippen molar-refractivity contribution in [2.24, 2.45) is 5.41 Å². The lowest BCUT2D eigenvalue weighted by atomic mass is 9.98. The minimum atomic E-state index is -3.52. The van der Waals surface area contributed by atoms with E-state index < -0.39 is 16.0 Å². The van der Waals surface area contributed by atoms with Crippen molar-refractivity contribution in [1.29, 1.82) is 0 Å². The van der Waals surface area contributed by atoms with Crippen LogP contribution in [0.1, 0.15) is 31.1 Å². The summed E-state index contributed by atoms with van der Waals surface area (Å²) in [6.45, 7) is 6.27. The van der Waals surface area contributed by atoms with Gasteiger partial charge in [0.1, 0.15) is 0 Å². The first kappa shape index (κ1) is 19.1. The van der Waals surface area contributed by atoms with Crippen LogP contribution in [0.3, 0.4) is 0 Å². The molecule has 0 radical (unpaired) electrons. The van der Waals surface area contributed by atoms with Gasteiger partial charge in [0.05, 0.1) is 17.6 Å². The Morgan fingerprint density at radius 1 is 0.960 bits per heavy atom. The van der Waals surface area contributed by atoms with Crippen LogP contribution in [-0.4, -0.2) is 28.0 Å². The summed E-state index contributed by atoms with van der Waals surface area (Å²) < 4.78 is 31.9. The zero-order valence-corrected chi connectivity index (χ0v) is 15.7. The van der Waals surface area contributed by atoms with Gasteiger partial charge in [-0.15, -0.1) is 0 Å². The molecule has 0 saturated heterocycles. The average molecular weight is 361 g/mol. The smallest absolute Gasteiger partial charge is 0.337 e. The molecule has 0 bridgehead atoms. The number of nitrogens with one attached hydrogen (secondary N) is 1. The Labute approximate surface area is 149 Å². The molecule has 134 valence electrons. The predicted octanol–water partition coefficient (Wildman–Crippen LogP) is 3.46. The number of carbonyl (C=O) groups is 1. The average Bonchev–Trinajstić information content (AvgIpc) is 2.59. The number of benzene rings is 2. The van der Waals surface area contributed by atoms with E-state index in [1.165, 1.54) is 7.11 Å². The highest BCUT2D eigenvalue weighted by molar-refractivity contribution is 7.89. The summed E-state index contributed by atoms with van der Waals surface area (Å²) in [5, 5.41) is 0. The van der Waals surface area contributed by atoms with E-state index in [-0.39, 0.29) is 10.3 Å². The molecule has 2 aromatic rings. The molecular formula is C19H23NO4S. The minimum Gasteiger partial charge on any atom is -0.465 e. The molecule has 0 heterocycles. The summed E-state index contributed by atoms with van der Waals surface area (Å²) in [6, 6.07) is 13.6. The van der Waals surface area contributed by atoms with Gasteiger partial charge in [-0.3, -0.25) is 0 Å². The summed E-state index contributed by atoms with van der Waals surface area (Å²) >= 11 is 0. The molecule has 0 unspecified atom stereocenters. The Kier molecular flexibility index (Phi) is 5.65. The topological polar surface area (TPSA) is 72.5 Å². The number of hydrogen-bond donors (Lipinski definition) is 1. The van der Waals surface area contributed by atoms with Crippen molar-refractivity contribution in [3.8, 4) is 11.1 Å². The van der Waals surface area contributed by atoms with Gasteiger partial charge in [-0.25, -0.2) is 17.9 Å². The molecule has 0 saturated carbocycles. The second-order valence-electron chi connectivity index (χ2n) is 6.98. The third kappa shape index (κ3) is 5.14. The van der Waals surface area contributed by atoms with E-state index in [4.69, 9.17) is 0 Å². The fourth-order valence-corrected chi connectivity index (χ4v) is 3.42. The largest absolute Gasteiger partial charge is 0.465 e. The van der Waals surface area contributed by atoms with E-state index >= 15 is 0 Å². The summed E-state index contributed by atoms with van der Waals surface area (Å²) in [4.78, 5) is 11.7. The van der Waals surface area contributed by atoms with Gasteiger partial charge in [0.15, 0.2) is 0 Å². The Morgan fingerprint density at radius 2 is 1.44 bits per heavy atom. The highest BCUT2D eigenvalue weighted by Gasteiger charge is 2.18. The zero-order chi connectivity index (χ0) is 18.7. The van der Waals surface area contributed by atoms with Crippen LogP contribution in [0.15, 0.2) is 53.4 Å². The summed E-state index contributed by atoms with van der Waals surface area (Å²) in [6.07, 6.45) is 0. The van der Waals surface area contributed by atoms with Gasteiger partial charge in [0.25, 0.3) is 0 Å². The second-order valence-corrected chi connectivity index (χ2v) is 8.75. The number of rotatable bonds is 5. The van der Waals surface area contributed by atoms with Crippen molar-refractivity contribution in [3.63, 3.8) is 0 Å². The van der Waals surface area contributed by atoms with Crippen LogP contribution in [0.25, 0.3) is 11.1 Å². The van der Waals surface area contributed by atoms with E-state index in [0.717, 1.165) is 11.1 Å². The quantitative estimate of drug-likeness (QED) is 0.828. The third-order valence-corrected chi connectivity index (χ3v) is 5.01. The number of ether oxygens (including phenoxy) is 1. The fourth-order valence-electron chi connectivity index (χ4n) is 2.14. The monoisotopic (exact) mass is 361 g/mol. The van der Waals surface area contributed by atoms with E-state index in [0.29, 0.717) is 12.1 Å². The number of esters is 1. The molecule has 2 rings (SSSR count). The van der Waals surface area contributed by atoms with E-state index in [9.17, 15) is 13.2 Å². The molecular weight excluding hydrogens is 338 g/mol. The molecule has 0 aliphatic carbocycles. The van der Waals surface area contributed by atoms with Gasteiger partial charge in [0.2, 0.25) is 10.0 Å². The maximum atomic E-state index is 12.3. The van der Waals surface area contributed by atoms with Gasteiger partial charge < -0.3 is 4.74 Å². The van der Waals surface area contributed by atoms with Crippen molar-refractivity contribution in [2.75, 3.05) is 13.7 Å². The maximum Gasteiger partial charge on any atom is 0.337 e. The molecule has 0 aromatic heterocycles. The van der Waals surface area contributed by atoms with Gasteiger partial charge >= 0.3 is 5.97 Å². The standard InChI is InChI=1S/C19H23NO4S/c1-19(2,3)13-20-25(22,23)17-11-9-15(10-12-17)14-5-7-16(8-6-14)18(21)24-4/h5-12,20H,13H2,1-4H3. The maximum absolute atomic E-state index is 12.3. The Morgan fingerprint density at radius 3 is 1.88 bits per heavy atom. The van der Waals surface area contributed by atoms with Crippen LogP contribution in [0.4, 0.5) is 0 Å². The van der Waals surface area contributed by atoms with Gasteiger partial charge in [-0.05, 0) is 40.8 Å². The van der Waals surface area contributed by atoms with Crippen LogP contribution in [0, 0.1) is 5.41 Å². The van der Waals surface area contributed by atoms with Crippen LogP contribution >= 0.6 is 0 Å². The molecule has 5 nitrogen and oxygen atoms in total. The van der Waals surface area contributed by atoms with Crippen molar-refractivity contribution in [3.05, 3.63) is 54.1 Å². The van der Waals surface area contributed by atoms with Crippen LogP contribution in [0.2, 0.25) is 0 Å². The van der Waals surface area contributed by atoms with E-state index in [1.807, 2.05) is 20.8 Å². The second kappa shape index (κ2) is 7.37. The normalized spacial score (nSPS) is 12.0. The highest BCUT2D eigenvalue weighted by Crippen LogP contribution is 2.22. The first-order valence-electron chi connectivity index (χ1n) is 7.91. The first-order chi connectivity index (χ1) is 11.6.